The lowest BCUT2D eigenvalue weighted by atomic mass is 10.0. The van der Waals surface area contributed by atoms with E-state index in [4.69, 9.17) is 9.47 Å². The molecule has 4 N–H and O–H groups in total. The second kappa shape index (κ2) is 5.47. The van der Waals surface area contributed by atoms with Crippen molar-refractivity contribution in [2.45, 2.75) is 18.5 Å². The first-order valence-electron chi connectivity index (χ1n) is 8.61. The van der Waals surface area contributed by atoms with Crippen molar-refractivity contribution in [1.82, 2.24) is 4.90 Å². The lowest BCUT2D eigenvalue weighted by Crippen LogP contribution is -2.68. The lowest BCUT2D eigenvalue weighted by molar-refractivity contribution is -0.419. The highest BCUT2D eigenvalue weighted by molar-refractivity contribution is 6.11. The molecular weight excluding hydrogens is 334 g/mol. The fourth-order valence-corrected chi connectivity index (χ4v) is 3.89. The van der Waals surface area contributed by atoms with Crippen LogP contribution in [-0.4, -0.2) is 42.1 Å². The van der Waals surface area contributed by atoms with E-state index >= 15 is 0 Å². The minimum atomic E-state index is -0.496. The first-order valence-corrected chi connectivity index (χ1v) is 8.61. The number of nitrogens with zero attached hydrogens (tertiary/aromatic N) is 1. The Hall–Kier alpha value is -3.06. The number of carbonyl (C=O) groups excluding carboxylic acids is 2. The molecule has 7 heteroatoms. The molecule has 0 saturated carbocycles. The molecule has 0 unspecified atom stereocenters. The number of carbonyl (C=O) groups is 2. The molecule has 5 rings (SSSR count). The molecule has 0 spiro atoms. The van der Waals surface area contributed by atoms with Gasteiger partial charge in [0.25, 0.3) is 11.8 Å². The zero-order valence-corrected chi connectivity index (χ0v) is 14.0. The molecule has 0 aliphatic carbocycles. The van der Waals surface area contributed by atoms with Crippen LogP contribution in [0.25, 0.3) is 11.1 Å². The average Bonchev–Trinajstić information content (AvgIpc) is 3.24. The lowest BCUT2D eigenvalue weighted by Gasteiger charge is -2.20. The maximum atomic E-state index is 13.0. The quantitative estimate of drug-likeness (QED) is 0.796. The van der Waals surface area contributed by atoms with E-state index in [1.807, 2.05) is 30.3 Å². The minimum absolute atomic E-state index is 0.0819. The van der Waals surface area contributed by atoms with Crippen molar-refractivity contribution in [1.29, 1.82) is 0 Å². The third-order valence-corrected chi connectivity index (χ3v) is 5.27. The van der Waals surface area contributed by atoms with Crippen molar-refractivity contribution in [2.24, 2.45) is 0 Å². The van der Waals surface area contributed by atoms with E-state index in [2.05, 4.69) is 11.1 Å². The van der Waals surface area contributed by atoms with E-state index in [1.54, 1.807) is 11.0 Å². The molecule has 3 aliphatic rings. The van der Waals surface area contributed by atoms with E-state index in [1.165, 1.54) is 0 Å². The summed E-state index contributed by atoms with van der Waals surface area (Å²) in [6, 6.07) is 10.6. The molecule has 2 atom stereocenters. The smallest absolute Gasteiger partial charge is 0.256 e. The predicted octanol–water partition coefficient (Wildman–Crippen LogP) is 0.859. The highest BCUT2D eigenvalue weighted by Gasteiger charge is 2.45. The summed E-state index contributed by atoms with van der Waals surface area (Å²) in [7, 11) is 0. The van der Waals surface area contributed by atoms with Crippen molar-refractivity contribution >= 4 is 17.5 Å². The van der Waals surface area contributed by atoms with Gasteiger partial charge in [0.05, 0.1) is 11.3 Å². The number of quaternary nitrogens is 1. The molecule has 3 heterocycles. The van der Waals surface area contributed by atoms with Gasteiger partial charge in [-0.05, 0) is 35.4 Å². The van der Waals surface area contributed by atoms with Crippen molar-refractivity contribution in [2.75, 3.05) is 18.7 Å². The van der Waals surface area contributed by atoms with Crippen molar-refractivity contribution in [3.05, 3.63) is 42.0 Å². The Labute approximate surface area is 149 Å². The number of nitrogens with one attached hydrogen (secondary N) is 1. The summed E-state index contributed by atoms with van der Waals surface area (Å²) >= 11 is 0. The molecule has 1 saturated heterocycles. The van der Waals surface area contributed by atoms with Crippen LogP contribution < -0.4 is 20.5 Å². The maximum absolute atomic E-state index is 13.0. The normalized spacial score (nSPS) is 23.3. The zero-order valence-electron chi connectivity index (χ0n) is 14.0. The van der Waals surface area contributed by atoms with Crippen LogP contribution in [0.3, 0.4) is 0 Å². The summed E-state index contributed by atoms with van der Waals surface area (Å²) in [4.78, 5) is 27.2. The van der Waals surface area contributed by atoms with Gasteiger partial charge in [-0.1, -0.05) is 12.1 Å². The average molecular weight is 352 g/mol. The Balaban J connectivity index is 1.57. The molecule has 2 amide bonds. The standard InChI is InChI=1S/C19H17N3O4/c20-13-5-6-22-17(13)18(23)21-14-3-1-10(7-12(14)19(22)24)11-2-4-15-16(8-11)26-9-25-15/h1-4,7-8,13,17H,5-6,9,20H2,(H,21,23)/p+1/t13-,17-/m0/s1. The van der Waals surface area contributed by atoms with Crippen molar-refractivity contribution < 1.29 is 24.8 Å². The number of ether oxygens (including phenoxy) is 2. The van der Waals surface area contributed by atoms with Crippen molar-refractivity contribution in [3.63, 3.8) is 0 Å². The van der Waals surface area contributed by atoms with Crippen LogP contribution in [0.1, 0.15) is 16.8 Å². The van der Waals surface area contributed by atoms with E-state index in [0.717, 1.165) is 17.5 Å². The Kier molecular flexibility index (Phi) is 3.20. The Morgan fingerprint density at radius 2 is 1.81 bits per heavy atom. The molecule has 2 aromatic carbocycles. The van der Waals surface area contributed by atoms with Gasteiger partial charge in [-0.3, -0.25) is 9.59 Å². The molecule has 26 heavy (non-hydrogen) atoms. The van der Waals surface area contributed by atoms with Gasteiger partial charge in [0.2, 0.25) is 6.79 Å². The zero-order chi connectivity index (χ0) is 17.8. The van der Waals surface area contributed by atoms with E-state index in [0.29, 0.717) is 29.3 Å². The van der Waals surface area contributed by atoms with Crippen LogP contribution in [0.4, 0.5) is 5.69 Å². The molecule has 0 aromatic heterocycles. The topological polar surface area (TPSA) is 95.5 Å². The van der Waals surface area contributed by atoms with Crippen molar-refractivity contribution in [3.8, 4) is 22.6 Å². The molecule has 7 nitrogen and oxygen atoms in total. The third-order valence-electron chi connectivity index (χ3n) is 5.27. The fourth-order valence-electron chi connectivity index (χ4n) is 3.89. The second-order valence-corrected chi connectivity index (χ2v) is 6.81. The molecule has 2 aromatic rings. The Bertz CT molecular complexity index is 942. The maximum Gasteiger partial charge on any atom is 0.256 e. The van der Waals surface area contributed by atoms with Gasteiger partial charge in [0.1, 0.15) is 6.04 Å². The second-order valence-electron chi connectivity index (χ2n) is 6.81. The van der Waals surface area contributed by atoms with Crippen LogP contribution in [0, 0.1) is 0 Å². The van der Waals surface area contributed by atoms with E-state index in [-0.39, 0.29) is 24.6 Å². The van der Waals surface area contributed by atoms with Gasteiger partial charge in [0, 0.05) is 13.0 Å². The molecule has 0 bridgehead atoms. The number of benzene rings is 2. The number of hydrogen-bond donors (Lipinski definition) is 2. The van der Waals surface area contributed by atoms with Crippen LogP contribution in [-0.2, 0) is 4.79 Å². The number of hydrogen-bond acceptors (Lipinski definition) is 4. The highest BCUT2D eigenvalue weighted by Crippen LogP contribution is 2.37. The summed E-state index contributed by atoms with van der Waals surface area (Å²) < 4.78 is 10.8. The molecule has 1 fully saturated rings. The van der Waals surface area contributed by atoms with Crippen LogP contribution in [0.2, 0.25) is 0 Å². The van der Waals surface area contributed by atoms with E-state index < -0.39 is 6.04 Å². The van der Waals surface area contributed by atoms with Gasteiger partial charge in [-0.2, -0.15) is 0 Å². The molecule has 132 valence electrons. The monoisotopic (exact) mass is 352 g/mol. The van der Waals surface area contributed by atoms with Gasteiger partial charge in [-0.25, -0.2) is 0 Å². The largest absolute Gasteiger partial charge is 0.454 e. The van der Waals surface area contributed by atoms with Gasteiger partial charge < -0.3 is 25.4 Å². The molecular formula is C19H18N3O4+. The summed E-state index contributed by atoms with van der Waals surface area (Å²) in [5.41, 5.74) is 6.89. The number of anilines is 1. The minimum Gasteiger partial charge on any atom is -0.454 e. The highest BCUT2D eigenvalue weighted by atomic mass is 16.7. The Morgan fingerprint density at radius 3 is 2.69 bits per heavy atom. The van der Waals surface area contributed by atoms with Crippen LogP contribution in [0.15, 0.2) is 36.4 Å². The molecule has 3 aliphatic heterocycles. The first-order chi connectivity index (χ1) is 12.6. The SMILES string of the molecule is [NH3+][C@H]1CCN2C(=O)c3cc(-c4ccc5c(c4)OCO5)ccc3NC(=O)[C@H]12. The molecule has 0 radical (unpaired) electrons. The number of rotatable bonds is 1. The van der Waals surface area contributed by atoms with E-state index in [9.17, 15) is 9.59 Å². The predicted molar refractivity (Wildman–Crippen MR) is 92.7 cm³/mol. The number of fused-ring (bicyclic) bond motifs is 3. The Morgan fingerprint density at radius 1 is 1.04 bits per heavy atom. The third kappa shape index (κ3) is 2.17. The summed E-state index contributed by atoms with van der Waals surface area (Å²) in [5, 5.41) is 2.89. The van der Waals surface area contributed by atoms with Crippen LogP contribution in [0.5, 0.6) is 11.5 Å². The van der Waals surface area contributed by atoms with Gasteiger partial charge in [-0.15, -0.1) is 0 Å². The van der Waals surface area contributed by atoms with Gasteiger partial charge in [0.15, 0.2) is 17.5 Å². The fraction of sp³-hybridized carbons (Fsp3) is 0.263. The summed E-state index contributed by atoms with van der Waals surface area (Å²) in [6.45, 7) is 0.773. The first kappa shape index (κ1) is 15.2. The summed E-state index contributed by atoms with van der Waals surface area (Å²) in [6.07, 6.45) is 0.737. The number of amides is 2. The van der Waals surface area contributed by atoms with Gasteiger partial charge >= 0.3 is 0 Å². The summed E-state index contributed by atoms with van der Waals surface area (Å²) in [5.74, 6) is 1.12. The van der Waals surface area contributed by atoms with Crippen LogP contribution >= 0.6 is 0 Å².